The number of hydrogen-bond acceptors (Lipinski definition) is 6. The molecule has 0 saturated carbocycles. The van der Waals surface area contributed by atoms with Crippen LogP contribution in [0.4, 0.5) is 11.4 Å². The molecule has 1 atom stereocenters. The van der Waals surface area contributed by atoms with Crippen LogP contribution in [0.5, 0.6) is 5.75 Å². The number of anilines is 1. The third kappa shape index (κ3) is 5.23. The highest BCUT2D eigenvalue weighted by Gasteiger charge is 2.31. The number of carbonyl (C=O) groups is 1. The van der Waals surface area contributed by atoms with Crippen LogP contribution in [0.3, 0.4) is 0 Å². The Morgan fingerprint density at radius 2 is 1.93 bits per heavy atom. The SMILES string of the molecule is COc1ccccc1CNC(=O)[C@@H](C)N(c1cc([N+](=O)[O-])ccc1C)S(C)(=O)=O. The first-order valence-corrected chi connectivity index (χ1v) is 10.5. The highest BCUT2D eigenvalue weighted by atomic mass is 32.2. The van der Waals surface area contributed by atoms with E-state index in [1.807, 2.05) is 0 Å². The van der Waals surface area contributed by atoms with E-state index in [0.29, 0.717) is 11.3 Å². The summed E-state index contributed by atoms with van der Waals surface area (Å²) < 4.78 is 31.0. The van der Waals surface area contributed by atoms with Crippen molar-refractivity contribution in [3.05, 3.63) is 63.7 Å². The van der Waals surface area contributed by atoms with Gasteiger partial charge in [0.15, 0.2) is 0 Å². The standard InChI is InChI=1S/C19H23N3O6S/c1-13-9-10-16(22(24)25)11-17(13)21(29(4,26)27)14(2)19(23)20-12-15-7-5-6-8-18(15)28-3/h5-11,14H,12H2,1-4H3,(H,20,23)/t14-/m1/s1. The molecule has 2 rings (SSSR count). The number of ether oxygens (including phenoxy) is 1. The van der Waals surface area contributed by atoms with Crippen molar-refractivity contribution in [2.45, 2.75) is 26.4 Å². The van der Waals surface area contributed by atoms with Gasteiger partial charge in [0, 0.05) is 24.2 Å². The van der Waals surface area contributed by atoms with Crippen LogP contribution in [0.2, 0.25) is 0 Å². The molecular weight excluding hydrogens is 398 g/mol. The van der Waals surface area contributed by atoms with Gasteiger partial charge in [0.2, 0.25) is 15.9 Å². The van der Waals surface area contributed by atoms with Crippen LogP contribution in [-0.4, -0.2) is 38.7 Å². The van der Waals surface area contributed by atoms with Gasteiger partial charge >= 0.3 is 0 Å². The van der Waals surface area contributed by atoms with E-state index in [1.54, 1.807) is 31.2 Å². The Kier molecular flexibility index (Phi) is 6.80. The predicted octanol–water partition coefficient (Wildman–Crippen LogP) is 2.38. The first-order valence-electron chi connectivity index (χ1n) is 8.70. The van der Waals surface area contributed by atoms with E-state index in [-0.39, 0.29) is 17.9 Å². The fourth-order valence-electron chi connectivity index (χ4n) is 2.91. The Morgan fingerprint density at radius 3 is 2.52 bits per heavy atom. The molecule has 1 N–H and O–H groups in total. The lowest BCUT2D eigenvalue weighted by atomic mass is 10.1. The van der Waals surface area contributed by atoms with Gasteiger partial charge in [-0.1, -0.05) is 24.3 Å². The molecule has 0 spiro atoms. The maximum absolute atomic E-state index is 12.7. The zero-order chi connectivity index (χ0) is 21.8. The molecule has 0 unspecified atom stereocenters. The van der Waals surface area contributed by atoms with Crippen LogP contribution in [0.25, 0.3) is 0 Å². The zero-order valence-electron chi connectivity index (χ0n) is 16.6. The molecule has 0 heterocycles. The maximum atomic E-state index is 12.7. The van der Waals surface area contributed by atoms with Crippen molar-refractivity contribution in [2.24, 2.45) is 0 Å². The van der Waals surface area contributed by atoms with Crippen LogP contribution in [0, 0.1) is 17.0 Å². The van der Waals surface area contributed by atoms with Gasteiger partial charge in [-0.25, -0.2) is 8.42 Å². The minimum Gasteiger partial charge on any atom is -0.496 e. The third-order valence-electron chi connectivity index (χ3n) is 4.38. The third-order valence-corrected chi connectivity index (χ3v) is 5.60. The number of carbonyl (C=O) groups excluding carboxylic acids is 1. The molecule has 0 saturated heterocycles. The molecule has 0 fully saturated rings. The van der Waals surface area contributed by atoms with Crippen molar-refractivity contribution in [2.75, 3.05) is 17.7 Å². The number of amides is 1. The number of sulfonamides is 1. The Labute approximate surface area is 169 Å². The lowest BCUT2D eigenvalue weighted by Gasteiger charge is -2.29. The summed E-state index contributed by atoms with van der Waals surface area (Å²) in [6, 6.07) is 9.88. The van der Waals surface area contributed by atoms with Crippen LogP contribution < -0.4 is 14.4 Å². The largest absolute Gasteiger partial charge is 0.496 e. The molecule has 1 amide bonds. The summed E-state index contributed by atoms with van der Waals surface area (Å²) in [6.07, 6.45) is 0.954. The molecule has 2 aromatic rings. The average molecular weight is 421 g/mol. The molecule has 10 heteroatoms. The minimum absolute atomic E-state index is 0.0849. The number of para-hydroxylation sites is 1. The molecule has 0 aliphatic heterocycles. The van der Waals surface area contributed by atoms with Crippen molar-refractivity contribution in [3.63, 3.8) is 0 Å². The number of aryl methyl sites for hydroxylation is 1. The molecule has 156 valence electrons. The number of nitro groups is 1. The highest BCUT2D eigenvalue weighted by molar-refractivity contribution is 7.92. The summed E-state index contributed by atoms with van der Waals surface area (Å²) in [7, 11) is -2.38. The van der Waals surface area contributed by atoms with Gasteiger partial charge in [0.05, 0.1) is 24.0 Å². The van der Waals surface area contributed by atoms with E-state index >= 15 is 0 Å². The normalized spacial score (nSPS) is 12.1. The molecule has 0 aromatic heterocycles. The van der Waals surface area contributed by atoms with E-state index in [2.05, 4.69) is 5.32 Å². The summed E-state index contributed by atoms with van der Waals surface area (Å²) in [5.41, 5.74) is 1.04. The fourth-order valence-corrected chi connectivity index (χ4v) is 4.13. The van der Waals surface area contributed by atoms with Crippen molar-refractivity contribution in [1.29, 1.82) is 0 Å². The average Bonchev–Trinajstić information content (AvgIpc) is 2.66. The lowest BCUT2D eigenvalue weighted by molar-refractivity contribution is -0.384. The second-order valence-corrected chi connectivity index (χ2v) is 8.35. The Hall–Kier alpha value is -3.14. The highest BCUT2D eigenvalue weighted by Crippen LogP contribution is 2.29. The number of nitrogens with one attached hydrogen (secondary N) is 1. The van der Waals surface area contributed by atoms with E-state index in [0.717, 1.165) is 22.2 Å². The van der Waals surface area contributed by atoms with Crippen molar-refractivity contribution < 1.29 is 22.9 Å². The summed E-state index contributed by atoms with van der Waals surface area (Å²) in [5.74, 6) is 0.0437. The second kappa shape index (κ2) is 8.91. The fraction of sp³-hybridized carbons (Fsp3) is 0.316. The van der Waals surface area contributed by atoms with Gasteiger partial charge in [-0.05, 0) is 25.5 Å². The van der Waals surface area contributed by atoms with Crippen molar-refractivity contribution in [1.82, 2.24) is 5.32 Å². The topological polar surface area (TPSA) is 119 Å². The summed E-state index contributed by atoms with van der Waals surface area (Å²) >= 11 is 0. The Balaban J connectivity index is 2.32. The number of benzene rings is 2. The molecular formula is C19H23N3O6S. The number of nitro benzene ring substituents is 1. The van der Waals surface area contributed by atoms with Crippen LogP contribution >= 0.6 is 0 Å². The van der Waals surface area contributed by atoms with Crippen LogP contribution in [0.1, 0.15) is 18.1 Å². The molecule has 0 radical (unpaired) electrons. The summed E-state index contributed by atoms with van der Waals surface area (Å²) in [6.45, 7) is 3.19. The maximum Gasteiger partial charge on any atom is 0.271 e. The molecule has 0 aliphatic rings. The summed E-state index contributed by atoms with van der Waals surface area (Å²) in [5, 5.41) is 13.8. The monoisotopic (exact) mass is 421 g/mol. The second-order valence-electron chi connectivity index (χ2n) is 6.49. The van der Waals surface area contributed by atoms with E-state index in [9.17, 15) is 23.3 Å². The predicted molar refractivity (Wildman–Crippen MR) is 109 cm³/mol. The number of hydrogen-bond donors (Lipinski definition) is 1. The van der Waals surface area contributed by atoms with Gasteiger partial charge in [0.1, 0.15) is 11.8 Å². The minimum atomic E-state index is -3.90. The Morgan fingerprint density at radius 1 is 1.28 bits per heavy atom. The Bertz CT molecular complexity index is 1020. The smallest absolute Gasteiger partial charge is 0.271 e. The van der Waals surface area contributed by atoms with Crippen molar-refractivity contribution in [3.8, 4) is 5.75 Å². The van der Waals surface area contributed by atoms with Crippen LogP contribution in [-0.2, 0) is 21.4 Å². The zero-order valence-corrected chi connectivity index (χ0v) is 17.4. The summed E-state index contributed by atoms with van der Waals surface area (Å²) in [4.78, 5) is 23.2. The molecule has 29 heavy (non-hydrogen) atoms. The lowest BCUT2D eigenvalue weighted by Crippen LogP contribution is -2.48. The van der Waals surface area contributed by atoms with Gasteiger partial charge in [-0.3, -0.25) is 19.2 Å². The molecule has 2 aromatic carbocycles. The van der Waals surface area contributed by atoms with E-state index in [4.69, 9.17) is 4.74 Å². The molecule has 9 nitrogen and oxygen atoms in total. The number of nitrogens with zero attached hydrogens (tertiary/aromatic N) is 2. The van der Waals surface area contributed by atoms with E-state index < -0.39 is 26.9 Å². The van der Waals surface area contributed by atoms with E-state index in [1.165, 1.54) is 26.2 Å². The van der Waals surface area contributed by atoms with Gasteiger partial charge < -0.3 is 10.1 Å². The number of non-ortho nitro benzene ring substituents is 1. The van der Waals surface area contributed by atoms with Gasteiger partial charge in [-0.15, -0.1) is 0 Å². The van der Waals surface area contributed by atoms with Crippen molar-refractivity contribution >= 4 is 27.3 Å². The van der Waals surface area contributed by atoms with Gasteiger partial charge in [0.25, 0.3) is 5.69 Å². The first-order chi connectivity index (χ1) is 13.6. The number of methoxy groups -OCH3 is 1. The van der Waals surface area contributed by atoms with Gasteiger partial charge in [-0.2, -0.15) is 0 Å². The molecule has 0 bridgehead atoms. The quantitative estimate of drug-likeness (QED) is 0.516. The molecule has 0 aliphatic carbocycles. The van der Waals surface area contributed by atoms with Crippen LogP contribution in [0.15, 0.2) is 42.5 Å². The first kappa shape index (κ1) is 22.2. The number of rotatable bonds is 8.